The van der Waals surface area contributed by atoms with Crippen molar-refractivity contribution in [3.05, 3.63) is 47.4 Å². The summed E-state index contributed by atoms with van der Waals surface area (Å²) >= 11 is 0. The number of allylic oxidation sites excluding steroid dienone is 2. The Morgan fingerprint density at radius 1 is 0.625 bits per heavy atom. The SMILES string of the molecule is CC(=O)NC1[C@H](O[C@@H]2C(CO[C@@H]3OC(COC(C)=O)C(C)[C@H](C)C3OC(C)=O)O[C@@H](OC3C(O)OC(C(N)=O)[C@@](C)(O)[C@@H]3OC(N)=O)C(NC(C)=O)[C@H]2C)OC(C)C(O[C@@H]2OC(C(=O)NC3=C(O)CCC3=O)[C@H](C)[C@H](C)C2OC(=O)c2ccccc2)[C@@H]1C. The lowest BCUT2D eigenvalue weighted by Gasteiger charge is -2.52. The first-order valence-corrected chi connectivity index (χ1v) is 29.2. The highest BCUT2D eigenvalue weighted by atomic mass is 16.8. The van der Waals surface area contributed by atoms with Gasteiger partial charge in [-0.2, -0.15) is 0 Å². The highest BCUT2D eigenvalue weighted by Crippen LogP contribution is 2.42. The van der Waals surface area contributed by atoms with Gasteiger partial charge in [-0.25, -0.2) is 9.59 Å². The Bertz CT molecular complexity index is 2750. The van der Waals surface area contributed by atoms with Crippen molar-refractivity contribution in [1.82, 2.24) is 16.0 Å². The van der Waals surface area contributed by atoms with E-state index in [-0.39, 0.29) is 42.4 Å². The summed E-state index contributed by atoms with van der Waals surface area (Å²) in [6, 6.07) is 5.66. The van der Waals surface area contributed by atoms with Crippen LogP contribution in [-0.2, 0) is 95.1 Å². The third kappa shape index (κ3) is 15.7. The number of hydrogen-bond acceptors (Lipinski definition) is 25. The summed E-state index contributed by atoms with van der Waals surface area (Å²) in [4.78, 5) is 117. The maximum absolute atomic E-state index is 14.0. The van der Waals surface area contributed by atoms with Crippen molar-refractivity contribution < 1.29 is 120 Å². The van der Waals surface area contributed by atoms with Crippen LogP contribution in [0.1, 0.15) is 106 Å². The topological polar surface area (TPSA) is 422 Å². The van der Waals surface area contributed by atoms with Gasteiger partial charge in [-0.1, -0.05) is 59.7 Å². The minimum atomic E-state index is -2.52. The van der Waals surface area contributed by atoms with E-state index in [1.54, 1.807) is 71.9 Å². The first-order chi connectivity index (χ1) is 41.3. The first-order valence-electron chi connectivity index (χ1n) is 29.2. The van der Waals surface area contributed by atoms with Crippen LogP contribution < -0.4 is 27.4 Å². The lowest BCUT2D eigenvalue weighted by molar-refractivity contribution is -0.369. The number of carbonyl (C=O) groups excluding carboxylic acids is 9. The number of amides is 5. The maximum Gasteiger partial charge on any atom is 0.404 e. The molecule has 1 aliphatic carbocycles. The van der Waals surface area contributed by atoms with Crippen LogP contribution in [-0.4, -0.2) is 198 Å². The van der Waals surface area contributed by atoms with E-state index in [4.69, 9.17) is 73.0 Å². The Balaban J connectivity index is 1.24. The number of benzene rings is 1. The van der Waals surface area contributed by atoms with E-state index in [9.17, 15) is 58.5 Å². The average molecular weight is 1250 g/mol. The normalized spacial score (nSPS) is 39.3. The van der Waals surface area contributed by atoms with Gasteiger partial charge in [0.1, 0.15) is 35.9 Å². The summed E-state index contributed by atoms with van der Waals surface area (Å²) in [6.07, 6.45) is -24.8. The Labute approximate surface area is 507 Å². The molecule has 30 heteroatoms. The number of aliphatic hydroxyl groups excluding tert-OH is 2. The van der Waals surface area contributed by atoms with Gasteiger partial charge < -0.3 is 104 Å². The van der Waals surface area contributed by atoms with Crippen LogP contribution in [0.4, 0.5) is 4.79 Å². The fourth-order valence-corrected chi connectivity index (χ4v) is 12.1. The second kappa shape index (κ2) is 29.0. The van der Waals surface area contributed by atoms with Crippen molar-refractivity contribution in [3.8, 4) is 0 Å². The number of nitrogens with two attached hydrogens (primary N) is 2. The van der Waals surface area contributed by atoms with E-state index in [2.05, 4.69) is 16.0 Å². The Hall–Kier alpha value is -6.45. The second-order valence-corrected chi connectivity index (χ2v) is 23.7. The van der Waals surface area contributed by atoms with Gasteiger partial charge in [0.25, 0.3) is 5.91 Å². The Kier molecular flexibility index (Phi) is 22.8. The molecule has 0 bridgehead atoms. The Morgan fingerprint density at radius 2 is 1.19 bits per heavy atom. The van der Waals surface area contributed by atoms with Crippen LogP contribution in [0.5, 0.6) is 0 Å². The van der Waals surface area contributed by atoms with Gasteiger partial charge in [-0.15, -0.1) is 0 Å². The van der Waals surface area contributed by atoms with Crippen molar-refractivity contribution in [3.63, 3.8) is 0 Å². The minimum absolute atomic E-state index is 0.0121. The van der Waals surface area contributed by atoms with Gasteiger partial charge >= 0.3 is 24.0 Å². The molecule has 5 heterocycles. The van der Waals surface area contributed by atoms with Crippen LogP contribution in [0.25, 0.3) is 0 Å². The Morgan fingerprint density at radius 3 is 1.76 bits per heavy atom. The predicted octanol–water partition coefficient (Wildman–Crippen LogP) is 0.291. The first kappa shape index (κ1) is 69.0. The molecule has 5 amide bonds. The van der Waals surface area contributed by atoms with Crippen LogP contribution in [0.2, 0.25) is 0 Å². The summed E-state index contributed by atoms with van der Waals surface area (Å²) in [7, 11) is 0. The zero-order valence-corrected chi connectivity index (χ0v) is 51.0. The molecule has 88 heavy (non-hydrogen) atoms. The summed E-state index contributed by atoms with van der Waals surface area (Å²) < 4.78 is 80.7. The van der Waals surface area contributed by atoms with E-state index in [1.165, 1.54) is 27.7 Å². The number of aliphatic hydroxyl groups is 3. The van der Waals surface area contributed by atoms with Gasteiger partial charge in [-0.05, 0) is 37.8 Å². The zero-order valence-electron chi connectivity index (χ0n) is 51.0. The number of nitrogens with one attached hydrogen (secondary N) is 3. The number of carbonyl (C=O) groups is 9. The molecule has 0 radical (unpaired) electrons. The van der Waals surface area contributed by atoms with Gasteiger partial charge in [0.2, 0.25) is 17.7 Å². The fraction of sp³-hybridized carbons (Fsp3) is 0.707. The molecule has 10 N–H and O–H groups in total. The molecular weight excluding hydrogens is 1170 g/mol. The van der Waals surface area contributed by atoms with Crippen LogP contribution in [0, 0.1) is 35.5 Å². The molecule has 25 atom stereocenters. The summed E-state index contributed by atoms with van der Waals surface area (Å²) in [5.41, 5.74) is 8.37. The van der Waals surface area contributed by atoms with Crippen LogP contribution in [0.3, 0.4) is 0 Å². The lowest BCUT2D eigenvalue weighted by atomic mass is 9.82. The van der Waals surface area contributed by atoms with E-state index < -0.39 is 206 Å². The smallest absolute Gasteiger partial charge is 0.404 e. The maximum atomic E-state index is 14.0. The standard InChI is InChI=1S/C58H83N5O25/c1-22-23(2)44(79-32(11)67)55(80-36(22)20-76-31(10)66)77-21-37-42(27(6)39(62-30(9)65)54(81-37)86-46-47(88-57(60)74)58(12,75)48(49(59)70)87-52(46)73)84-53-38(61-29(8)64)26(5)41(28(7)78-53)83-56-45(82-51(72)33-16-14-13-15-17-33)25(4)24(3)43(85-56)50(71)63-40-34(68)18-19-35(40)69/h13-17,22-28,36-39,41-48,52-56,68,73,75H,18-21H2,1-12H3,(H2,59,70)(H2,60,74)(H,61,64)(H,62,65)(H,63,71)/t22?,23-,24+,25-,26+,27+,28?,36?,37?,38?,39?,41?,42-,43?,44?,45?,46?,47+,48?,52?,53-,54-,55+,56+,58-/m0/s1. The molecule has 5 saturated heterocycles. The van der Waals surface area contributed by atoms with Gasteiger partial charge in [0.15, 0.2) is 67.8 Å². The zero-order chi connectivity index (χ0) is 65.0. The molecule has 0 saturated carbocycles. The van der Waals surface area contributed by atoms with Crippen LogP contribution >= 0.6 is 0 Å². The fourth-order valence-electron chi connectivity index (χ4n) is 12.1. The molecule has 13 unspecified atom stereocenters. The number of Topliss-reactive ketones (excluding diaryl/α,β-unsaturated/α-hetero) is 1. The van der Waals surface area contributed by atoms with Crippen molar-refractivity contribution in [2.75, 3.05) is 13.2 Å². The van der Waals surface area contributed by atoms with Crippen molar-refractivity contribution in [2.24, 2.45) is 47.0 Å². The number of esters is 3. The molecule has 30 nitrogen and oxygen atoms in total. The van der Waals surface area contributed by atoms with Crippen LogP contribution in [0.15, 0.2) is 41.8 Å². The summed E-state index contributed by atoms with van der Waals surface area (Å²) in [5.74, 6) is -10.0. The van der Waals surface area contributed by atoms with Crippen molar-refractivity contribution in [1.29, 1.82) is 0 Å². The largest absolute Gasteiger partial charge is 0.510 e. The summed E-state index contributed by atoms with van der Waals surface area (Å²) in [5, 5.41) is 41.7. The highest BCUT2D eigenvalue weighted by Gasteiger charge is 2.60. The summed E-state index contributed by atoms with van der Waals surface area (Å²) in [6.45, 7) is 17.1. The second-order valence-electron chi connectivity index (χ2n) is 23.7. The molecule has 5 fully saturated rings. The lowest BCUT2D eigenvalue weighted by Crippen LogP contribution is -2.71. The third-order valence-corrected chi connectivity index (χ3v) is 17.3. The predicted molar refractivity (Wildman–Crippen MR) is 296 cm³/mol. The molecule has 7 rings (SSSR count). The minimum Gasteiger partial charge on any atom is -0.510 e. The third-order valence-electron chi connectivity index (χ3n) is 17.3. The van der Waals surface area contributed by atoms with Gasteiger partial charge in [0, 0.05) is 64.2 Å². The van der Waals surface area contributed by atoms with E-state index >= 15 is 0 Å². The highest BCUT2D eigenvalue weighted by molar-refractivity contribution is 6.02. The molecule has 0 spiro atoms. The average Bonchev–Trinajstić information content (AvgIpc) is 1.22. The molecule has 6 aliphatic rings. The van der Waals surface area contributed by atoms with Crippen molar-refractivity contribution in [2.45, 2.75) is 212 Å². The molecule has 0 aromatic heterocycles. The molecule has 490 valence electrons. The number of ether oxygens (including phenoxy) is 13. The molecule has 5 aliphatic heterocycles. The van der Waals surface area contributed by atoms with Gasteiger partial charge in [0.05, 0.1) is 48.7 Å². The molecular formula is C58H83N5O25. The number of rotatable bonds is 20. The number of hydrogen-bond donors (Lipinski definition) is 8. The van der Waals surface area contributed by atoms with Gasteiger partial charge in [-0.3, -0.25) is 33.6 Å². The number of primary amides is 2. The van der Waals surface area contributed by atoms with E-state index in [0.717, 1.165) is 6.92 Å². The van der Waals surface area contributed by atoms with Crippen molar-refractivity contribution >= 4 is 53.4 Å². The number of ketones is 1. The van der Waals surface area contributed by atoms with E-state index in [1.807, 2.05) is 6.92 Å². The molecule has 1 aromatic carbocycles. The molecule has 1 aromatic rings. The monoisotopic (exact) mass is 1250 g/mol. The quantitative estimate of drug-likeness (QED) is 0.0642. The van der Waals surface area contributed by atoms with E-state index in [0.29, 0.717) is 0 Å².